The Morgan fingerprint density at radius 2 is 1.62 bits per heavy atom. The summed E-state index contributed by atoms with van der Waals surface area (Å²) in [6, 6.07) is 17.3. The predicted octanol–water partition coefficient (Wildman–Crippen LogP) is 4.57. The summed E-state index contributed by atoms with van der Waals surface area (Å²) in [5.74, 6) is -0.568. The minimum atomic E-state index is -0.899. The first-order valence-corrected chi connectivity index (χ1v) is 13.3. The number of barbiturate groups is 1. The second-order valence-electron chi connectivity index (χ2n) is 8.95. The minimum Gasteiger partial charge on any atom is -0.495 e. The number of hydrogen-bond donors (Lipinski definition) is 2. The van der Waals surface area contributed by atoms with Crippen LogP contribution in [0.3, 0.4) is 0 Å². The second-order valence-corrected chi connectivity index (χ2v) is 8.95. The van der Waals surface area contributed by atoms with Gasteiger partial charge in [-0.15, -0.1) is 0 Å². The zero-order chi connectivity index (χ0) is 30.1. The molecule has 0 atom stereocenters. The highest BCUT2D eigenvalue weighted by molar-refractivity contribution is 6.39. The molecule has 0 bridgehead atoms. The van der Waals surface area contributed by atoms with Gasteiger partial charge in [0.25, 0.3) is 17.7 Å². The molecule has 218 valence electrons. The van der Waals surface area contributed by atoms with E-state index in [4.69, 9.17) is 18.9 Å². The van der Waals surface area contributed by atoms with E-state index < -0.39 is 23.8 Å². The van der Waals surface area contributed by atoms with Gasteiger partial charge in [-0.05, 0) is 49.8 Å². The predicted molar refractivity (Wildman–Crippen MR) is 156 cm³/mol. The van der Waals surface area contributed by atoms with Crippen molar-refractivity contribution >= 4 is 41.2 Å². The van der Waals surface area contributed by atoms with Crippen LogP contribution in [0.4, 0.5) is 16.2 Å². The number of urea groups is 1. The second kappa shape index (κ2) is 13.8. The number of nitrogens with one attached hydrogen (secondary N) is 2. The third-order valence-electron chi connectivity index (χ3n) is 6.01. The molecule has 0 saturated carbocycles. The third-order valence-corrected chi connectivity index (χ3v) is 6.01. The molecule has 11 heteroatoms. The van der Waals surface area contributed by atoms with Crippen LogP contribution in [0.25, 0.3) is 6.08 Å². The maximum absolute atomic E-state index is 13.5. The van der Waals surface area contributed by atoms with E-state index in [0.717, 1.165) is 11.3 Å². The zero-order valence-electron chi connectivity index (χ0n) is 23.5. The summed E-state index contributed by atoms with van der Waals surface area (Å²) in [5, 5.41) is 4.93. The molecular weight excluding hydrogens is 542 g/mol. The molecule has 0 spiro atoms. The lowest BCUT2D eigenvalue weighted by Crippen LogP contribution is -2.54. The van der Waals surface area contributed by atoms with Gasteiger partial charge in [0.2, 0.25) is 0 Å². The highest BCUT2D eigenvalue weighted by atomic mass is 16.5. The lowest BCUT2D eigenvalue weighted by Gasteiger charge is -2.27. The van der Waals surface area contributed by atoms with E-state index in [1.165, 1.54) is 25.3 Å². The van der Waals surface area contributed by atoms with Gasteiger partial charge in [0.15, 0.2) is 18.1 Å². The Balaban J connectivity index is 1.56. The fourth-order valence-electron chi connectivity index (χ4n) is 4.09. The fraction of sp³-hybridized carbons (Fsp3) is 0.226. The number of amides is 5. The molecule has 3 aromatic rings. The van der Waals surface area contributed by atoms with Gasteiger partial charge in [0.05, 0.1) is 31.7 Å². The standard InChI is InChI=1S/C31H31N3O8/c1-4-16-41-26-15-14-21(18-27(26)40-5-2)34-30(37)22(29(36)33-31(34)38)17-20-10-6-8-12-24(20)42-19-28(35)32-23-11-7-9-13-25(23)39-3/h6-15,17-18H,4-5,16,19H2,1-3H3,(H,32,35)(H,33,36,38)/b22-17+. The van der Waals surface area contributed by atoms with Crippen molar-refractivity contribution in [3.05, 3.63) is 77.9 Å². The van der Waals surface area contributed by atoms with Crippen molar-refractivity contribution in [3.63, 3.8) is 0 Å². The van der Waals surface area contributed by atoms with Gasteiger partial charge in [0, 0.05) is 11.6 Å². The molecule has 42 heavy (non-hydrogen) atoms. The quantitative estimate of drug-likeness (QED) is 0.238. The highest BCUT2D eigenvalue weighted by Gasteiger charge is 2.37. The maximum atomic E-state index is 13.5. The number of carbonyl (C=O) groups is 4. The molecule has 1 aliphatic heterocycles. The van der Waals surface area contributed by atoms with Crippen LogP contribution in [0, 0.1) is 0 Å². The molecule has 0 unspecified atom stereocenters. The topological polar surface area (TPSA) is 132 Å². The number of nitrogens with zero attached hydrogens (tertiary/aromatic N) is 1. The average molecular weight is 574 g/mol. The Kier molecular flexibility index (Phi) is 9.77. The van der Waals surface area contributed by atoms with Crippen molar-refractivity contribution in [2.24, 2.45) is 0 Å². The first-order chi connectivity index (χ1) is 20.4. The van der Waals surface area contributed by atoms with E-state index in [-0.39, 0.29) is 23.6 Å². The van der Waals surface area contributed by atoms with Crippen LogP contribution in [-0.2, 0) is 14.4 Å². The van der Waals surface area contributed by atoms with E-state index in [1.54, 1.807) is 61.5 Å². The van der Waals surface area contributed by atoms with E-state index in [9.17, 15) is 19.2 Å². The van der Waals surface area contributed by atoms with Crippen LogP contribution in [0.5, 0.6) is 23.0 Å². The summed E-state index contributed by atoms with van der Waals surface area (Å²) in [7, 11) is 1.50. The molecule has 4 rings (SSSR count). The first-order valence-electron chi connectivity index (χ1n) is 13.3. The molecule has 11 nitrogen and oxygen atoms in total. The Hall–Kier alpha value is -5.32. The Morgan fingerprint density at radius 3 is 2.36 bits per heavy atom. The molecule has 0 radical (unpaired) electrons. The Morgan fingerprint density at radius 1 is 0.881 bits per heavy atom. The lowest BCUT2D eigenvalue weighted by atomic mass is 10.1. The summed E-state index contributed by atoms with van der Waals surface area (Å²) in [6.45, 7) is 4.22. The van der Waals surface area contributed by atoms with Gasteiger partial charge in [-0.2, -0.15) is 0 Å². The fourth-order valence-corrected chi connectivity index (χ4v) is 4.09. The smallest absolute Gasteiger partial charge is 0.335 e. The van der Waals surface area contributed by atoms with Gasteiger partial charge in [-0.3, -0.25) is 19.7 Å². The van der Waals surface area contributed by atoms with Crippen molar-refractivity contribution in [3.8, 4) is 23.0 Å². The number of methoxy groups -OCH3 is 1. The maximum Gasteiger partial charge on any atom is 0.335 e. The number of hydrogen-bond acceptors (Lipinski definition) is 8. The number of imide groups is 2. The van der Waals surface area contributed by atoms with Gasteiger partial charge >= 0.3 is 6.03 Å². The van der Waals surface area contributed by atoms with Crippen molar-refractivity contribution in [2.75, 3.05) is 37.1 Å². The SMILES string of the molecule is CCCOc1ccc(N2C(=O)NC(=O)/C(=C\c3ccccc3OCC(=O)Nc3ccccc3OC)C2=O)cc1OCC. The van der Waals surface area contributed by atoms with Gasteiger partial charge in [-0.25, -0.2) is 9.69 Å². The van der Waals surface area contributed by atoms with Crippen molar-refractivity contribution in [2.45, 2.75) is 20.3 Å². The Bertz CT molecular complexity index is 1520. The number of anilines is 2. The summed E-state index contributed by atoms with van der Waals surface area (Å²) >= 11 is 0. The van der Waals surface area contributed by atoms with E-state index in [2.05, 4.69) is 10.6 Å². The zero-order valence-corrected chi connectivity index (χ0v) is 23.5. The molecule has 3 aromatic carbocycles. The Labute approximate surface area is 243 Å². The molecule has 5 amide bonds. The number of para-hydroxylation sites is 3. The number of ether oxygens (including phenoxy) is 4. The molecule has 0 aromatic heterocycles. The number of carbonyl (C=O) groups excluding carboxylic acids is 4. The van der Waals surface area contributed by atoms with Crippen molar-refractivity contribution in [1.82, 2.24) is 5.32 Å². The third kappa shape index (κ3) is 6.87. The molecule has 1 aliphatic rings. The van der Waals surface area contributed by atoms with Crippen LogP contribution in [0.2, 0.25) is 0 Å². The molecular formula is C31H31N3O8. The van der Waals surface area contributed by atoms with E-state index in [0.29, 0.717) is 41.7 Å². The normalized spacial score (nSPS) is 13.9. The van der Waals surface area contributed by atoms with Gasteiger partial charge in [-0.1, -0.05) is 37.3 Å². The minimum absolute atomic E-state index is 0.195. The van der Waals surface area contributed by atoms with Gasteiger partial charge < -0.3 is 24.3 Å². The monoisotopic (exact) mass is 573 g/mol. The molecule has 1 fully saturated rings. The number of benzene rings is 3. The van der Waals surface area contributed by atoms with Crippen LogP contribution < -0.4 is 34.5 Å². The van der Waals surface area contributed by atoms with Crippen molar-refractivity contribution < 1.29 is 38.1 Å². The lowest BCUT2D eigenvalue weighted by molar-refractivity contribution is -0.122. The van der Waals surface area contributed by atoms with Gasteiger partial charge in [0.1, 0.15) is 17.1 Å². The van der Waals surface area contributed by atoms with Crippen LogP contribution in [-0.4, -0.2) is 50.7 Å². The van der Waals surface area contributed by atoms with Crippen LogP contribution in [0.15, 0.2) is 72.3 Å². The largest absolute Gasteiger partial charge is 0.495 e. The first kappa shape index (κ1) is 29.7. The average Bonchev–Trinajstić information content (AvgIpc) is 2.98. The summed E-state index contributed by atoms with van der Waals surface area (Å²) in [5.41, 5.74) is 0.735. The number of rotatable bonds is 12. The molecule has 1 heterocycles. The van der Waals surface area contributed by atoms with Crippen LogP contribution >= 0.6 is 0 Å². The molecule has 1 saturated heterocycles. The summed E-state index contributed by atoms with van der Waals surface area (Å²) in [6.07, 6.45) is 2.10. The van der Waals surface area contributed by atoms with E-state index in [1.807, 2.05) is 6.92 Å². The molecule has 0 aliphatic carbocycles. The highest BCUT2D eigenvalue weighted by Crippen LogP contribution is 2.34. The van der Waals surface area contributed by atoms with Crippen molar-refractivity contribution in [1.29, 1.82) is 0 Å². The molecule has 2 N–H and O–H groups in total. The summed E-state index contributed by atoms with van der Waals surface area (Å²) < 4.78 is 22.3. The summed E-state index contributed by atoms with van der Waals surface area (Å²) in [4.78, 5) is 52.5. The van der Waals surface area contributed by atoms with Crippen LogP contribution in [0.1, 0.15) is 25.8 Å². The van der Waals surface area contributed by atoms with E-state index >= 15 is 0 Å².